The van der Waals surface area contributed by atoms with E-state index in [4.69, 9.17) is 18.9 Å². The largest absolute Gasteiger partial charge is 0.479 e. The second-order valence-corrected chi connectivity index (χ2v) is 9.96. The van der Waals surface area contributed by atoms with Gasteiger partial charge in [0.1, 0.15) is 11.4 Å². The number of nitrogens with zero attached hydrogens (tertiary/aromatic N) is 1. The van der Waals surface area contributed by atoms with E-state index >= 15 is 0 Å². The lowest BCUT2D eigenvalue weighted by atomic mass is 9.82. The van der Waals surface area contributed by atoms with Gasteiger partial charge in [-0.05, 0) is 90.0 Å². The Bertz CT molecular complexity index is 1010. The quantitative estimate of drug-likeness (QED) is 0.424. The smallest absolute Gasteiger partial charge is 0.412 e. The van der Waals surface area contributed by atoms with Gasteiger partial charge >= 0.3 is 12.1 Å². The summed E-state index contributed by atoms with van der Waals surface area (Å²) in [6.45, 7) is 9.59. The van der Waals surface area contributed by atoms with E-state index in [0.29, 0.717) is 30.5 Å². The van der Waals surface area contributed by atoms with Gasteiger partial charge < -0.3 is 18.9 Å². The number of carbonyl (C=O) groups excluding carboxylic acids is 2. The number of ether oxygens (including phenoxy) is 4. The Morgan fingerprint density at radius 1 is 1.08 bits per heavy atom. The van der Waals surface area contributed by atoms with Gasteiger partial charge in [0.25, 0.3) is 0 Å². The summed E-state index contributed by atoms with van der Waals surface area (Å²) in [5.74, 6) is 0.697. The second-order valence-electron chi connectivity index (χ2n) is 9.96. The average molecular weight is 499 g/mol. The molecule has 1 aliphatic rings. The fourth-order valence-electron chi connectivity index (χ4n) is 4.24. The lowest BCUT2D eigenvalue weighted by Crippen LogP contribution is -2.28. The summed E-state index contributed by atoms with van der Waals surface area (Å²) >= 11 is 0. The molecular weight excluding hydrogens is 460 g/mol. The van der Waals surface area contributed by atoms with Crippen LogP contribution in [0.3, 0.4) is 0 Å². The first-order chi connectivity index (χ1) is 17.2. The average Bonchev–Trinajstić information content (AvgIpc) is 2.83. The van der Waals surface area contributed by atoms with Crippen LogP contribution in [0.4, 0.5) is 10.5 Å². The zero-order chi connectivity index (χ0) is 26.1. The zero-order valence-electron chi connectivity index (χ0n) is 21.9. The van der Waals surface area contributed by atoms with Crippen molar-refractivity contribution in [1.29, 1.82) is 0 Å². The number of anilines is 1. The minimum absolute atomic E-state index is 0.101. The van der Waals surface area contributed by atoms with Gasteiger partial charge in [-0.15, -0.1) is 0 Å². The monoisotopic (exact) mass is 498 g/mol. The van der Waals surface area contributed by atoms with Crippen LogP contribution in [0.15, 0.2) is 42.6 Å². The van der Waals surface area contributed by atoms with Crippen molar-refractivity contribution in [3.05, 3.63) is 53.9 Å². The molecule has 8 heteroatoms. The molecule has 1 aromatic carbocycles. The molecule has 1 saturated carbocycles. The highest BCUT2D eigenvalue weighted by molar-refractivity contribution is 5.85. The molecule has 1 heterocycles. The van der Waals surface area contributed by atoms with Gasteiger partial charge in [-0.25, -0.2) is 9.59 Å². The predicted octanol–water partition coefficient (Wildman–Crippen LogP) is 6.00. The van der Waals surface area contributed by atoms with Gasteiger partial charge in [0.05, 0.1) is 30.7 Å². The fraction of sp³-hybridized carbons (Fsp3) is 0.536. The Hall–Kier alpha value is -3.13. The molecule has 0 radical (unpaired) electrons. The van der Waals surface area contributed by atoms with E-state index in [9.17, 15) is 9.59 Å². The molecular formula is C28H38N2O6. The highest BCUT2D eigenvalue weighted by atomic mass is 16.6. The minimum Gasteiger partial charge on any atom is -0.479 e. The van der Waals surface area contributed by atoms with Crippen molar-refractivity contribution in [1.82, 2.24) is 4.98 Å². The molecule has 196 valence electrons. The summed E-state index contributed by atoms with van der Waals surface area (Å²) in [7, 11) is 0. The van der Waals surface area contributed by atoms with E-state index in [-0.39, 0.29) is 12.1 Å². The van der Waals surface area contributed by atoms with E-state index in [1.165, 1.54) is 0 Å². The molecule has 0 saturated heterocycles. The second kappa shape index (κ2) is 12.7. The van der Waals surface area contributed by atoms with Crippen LogP contribution in [0, 0.1) is 0 Å². The van der Waals surface area contributed by atoms with Crippen LogP contribution in [-0.2, 0) is 25.6 Å². The molecule has 3 rings (SSSR count). The van der Waals surface area contributed by atoms with Gasteiger partial charge in [0.2, 0.25) is 0 Å². The highest BCUT2D eigenvalue weighted by Crippen LogP contribution is 2.39. The molecule has 0 bridgehead atoms. The number of amides is 1. The van der Waals surface area contributed by atoms with Gasteiger partial charge in [-0.1, -0.05) is 18.2 Å². The minimum atomic E-state index is -0.660. The molecule has 2 aromatic rings. The van der Waals surface area contributed by atoms with E-state index in [1.54, 1.807) is 32.2 Å². The number of aromatic nitrogens is 1. The fourth-order valence-corrected chi connectivity index (χ4v) is 4.24. The van der Waals surface area contributed by atoms with E-state index in [0.717, 1.165) is 37.0 Å². The molecule has 1 aromatic heterocycles. The first kappa shape index (κ1) is 27.5. The Balaban J connectivity index is 1.54. The van der Waals surface area contributed by atoms with E-state index < -0.39 is 17.8 Å². The summed E-state index contributed by atoms with van der Waals surface area (Å²) in [4.78, 5) is 28.6. The number of para-hydroxylation sites is 1. The summed E-state index contributed by atoms with van der Waals surface area (Å²) in [5, 5.41) is 2.77. The standard InChI is InChI=1S/C28H38N2O6/c1-6-33-26(31)19(2)35-25-12-8-7-10-22(25)20-13-15-21(16-14-20)34-18-24-23(11-9-17-29-24)30-27(32)36-28(3,4)5/h7-12,17,19-21H,6,13-16,18H2,1-5H3,(H,30,32)/t19-,20?,21?/m1/s1. The number of nitrogens with one attached hydrogen (secondary N) is 1. The first-order valence-corrected chi connectivity index (χ1v) is 12.6. The van der Waals surface area contributed by atoms with Crippen LogP contribution in [0.5, 0.6) is 5.75 Å². The molecule has 36 heavy (non-hydrogen) atoms. The Morgan fingerprint density at radius 2 is 1.81 bits per heavy atom. The molecule has 0 unspecified atom stereocenters. The molecule has 1 amide bonds. The number of benzene rings is 1. The van der Waals surface area contributed by atoms with Gasteiger partial charge in [0, 0.05) is 6.20 Å². The summed E-state index contributed by atoms with van der Waals surface area (Å²) < 4.78 is 22.6. The Kier molecular flexibility index (Phi) is 9.70. The van der Waals surface area contributed by atoms with Crippen molar-refractivity contribution in [2.24, 2.45) is 0 Å². The van der Waals surface area contributed by atoms with Crippen molar-refractivity contribution in [2.45, 2.75) is 90.6 Å². The molecule has 1 N–H and O–H groups in total. The summed E-state index contributed by atoms with van der Waals surface area (Å²) in [6.07, 6.45) is 4.30. The molecule has 1 fully saturated rings. The summed E-state index contributed by atoms with van der Waals surface area (Å²) in [5.41, 5.74) is 1.78. The van der Waals surface area contributed by atoms with Crippen molar-refractivity contribution in [2.75, 3.05) is 11.9 Å². The zero-order valence-corrected chi connectivity index (χ0v) is 21.9. The number of carbonyl (C=O) groups is 2. The lowest BCUT2D eigenvalue weighted by molar-refractivity contribution is -0.150. The molecule has 1 atom stereocenters. The van der Waals surface area contributed by atoms with Crippen molar-refractivity contribution in [3.63, 3.8) is 0 Å². The van der Waals surface area contributed by atoms with Crippen LogP contribution in [0.2, 0.25) is 0 Å². The topological polar surface area (TPSA) is 96.0 Å². The number of hydrogen-bond donors (Lipinski definition) is 1. The van der Waals surface area contributed by atoms with Crippen LogP contribution < -0.4 is 10.1 Å². The van der Waals surface area contributed by atoms with E-state index in [2.05, 4.69) is 16.4 Å². The van der Waals surface area contributed by atoms with Gasteiger partial charge in [-0.2, -0.15) is 0 Å². The number of esters is 1. The molecule has 8 nitrogen and oxygen atoms in total. The number of pyridine rings is 1. The maximum absolute atomic E-state index is 12.2. The third kappa shape index (κ3) is 8.22. The van der Waals surface area contributed by atoms with Gasteiger partial charge in [0.15, 0.2) is 6.10 Å². The normalized spacial score (nSPS) is 18.7. The van der Waals surface area contributed by atoms with Gasteiger partial charge in [-0.3, -0.25) is 10.3 Å². The Morgan fingerprint density at radius 3 is 2.50 bits per heavy atom. The number of rotatable bonds is 9. The lowest BCUT2D eigenvalue weighted by Gasteiger charge is -2.30. The Labute approximate surface area is 213 Å². The van der Waals surface area contributed by atoms with Crippen molar-refractivity contribution in [3.8, 4) is 5.75 Å². The highest BCUT2D eigenvalue weighted by Gasteiger charge is 2.27. The summed E-state index contributed by atoms with van der Waals surface area (Å²) in [6, 6.07) is 11.5. The van der Waals surface area contributed by atoms with E-state index in [1.807, 2.05) is 39.0 Å². The predicted molar refractivity (Wildman–Crippen MR) is 137 cm³/mol. The third-order valence-electron chi connectivity index (χ3n) is 5.94. The number of hydrogen-bond acceptors (Lipinski definition) is 7. The SMILES string of the molecule is CCOC(=O)[C@@H](C)Oc1ccccc1C1CCC(OCc2ncccc2NC(=O)OC(C)(C)C)CC1. The molecule has 0 aliphatic heterocycles. The molecule has 0 spiro atoms. The van der Waals surface area contributed by atoms with Crippen LogP contribution >= 0.6 is 0 Å². The first-order valence-electron chi connectivity index (χ1n) is 12.6. The van der Waals surface area contributed by atoms with Crippen molar-refractivity contribution >= 4 is 17.7 Å². The maximum atomic E-state index is 12.2. The molecule has 1 aliphatic carbocycles. The van der Waals surface area contributed by atoms with Crippen molar-refractivity contribution < 1.29 is 28.5 Å². The maximum Gasteiger partial charge on any atom is 0.412 e. The van der Waals surface area contributed by atoms with Crippen LogP contribution in [-0.4, -0.2) is 41.5 Å². The van der Waals surface area contributed by atoms with Crippen LogP contribution in [0.25, 0.3) is 0 Å². The van der Waals surface area contributed by atoms with Crippen LogP contribution in [0.1, 0.15) is 77.5 Å². The third-order valence-corrected chi connectivity index (χ3v) is 5.94.